The monoisotopic (exact) mass is 670 g/mol. The van der Waals surface area contributed by atoms with Crippen molar-refractivity contribution in [2.45, 2.75) is 13.8 Å². The van der Waals surface area contributed by atoms with E-state index in [1.165, 1.54) is 33.4 Å². The molecule has 0 radical (unpaired) electrons. The van der Waals surface area contributed by atoms with E-state index in [2.05, 4.69) is 228 Å². The van der Waals surface area contributed by atoms with Gasteiger partial charge in [-0.15, -0.1) is 0 Å². The van der Waals surface area contributed by atoms with Gasteiger partial charge in [0.2, 0.25) is 0 Å². The van der Waals surface area contributed by atoms with E-state index in [0.717, 1.165) is 34.1 Å². The van der Waals surface area contributed by atoms with Gasteiger partial charge in [-0.05, 0) is 106 Å². The molecule has 8 rings (SSSR count). The van der Waals surface area contributed by atoms with E-state index in [1.54, 1.807) is 0 Å². The number of nitrogens with zero attached hydrogens (tertiary/aromatic N) is 2. The summed E-state index contributed by atoms with van der Waals surface area (Å²) in [5.74, 6) is 0. The highest BCUT2D eigenvalue weighted by molar-refractivity contribution is 5.80. The smallest absolute Gasteiger partial charge is 0.0462 e. The van der Waals surface area contributed by atoms with Crippen LogP contribution in [0.3, 0.4) is 0 Å². The van der Waals surface area contributed by atoms with Gasteiger partial charge in [-0.3, -0.25) is 0 Å². The molecule has 2 nitrogen and oxygen atoms in total. The van der Waals surface area contributed by atoms with Crippen LogP contribution in [0.4, 0.5) is 34.1 Å². The van der Waals surface area contributed by atoms with Crippen molar-refractivity contribution in [1.82, 2.24) is 0 Å². The Balaban J connectivity index is 0.00000207. The maximum atomic E-state index is 2.29. The third-order valence-electron chi connectivity index (χ3n) is 9.08. The van der Waals surface area contributed by atoms with Crippen LogP contribution < -0.4 is 9.80 Å². The molecule has 0 N–H and O–H groups in total. The molecule has 0 aliphatic carbocycles. The lowest BCUT2D eigenvalue weighted by Crippen LogP contribution is -2.09. The van der Waals surface area contributed by atoms with Crippen LogP contribution in [0, 0.1) is 0 Å². The van der Waals surface area contributed by atoms with Crippen molar-refractivity contribution in [3.05, 3.63) is 218 Å². The average Bonchev–Trinajstić information content (AvgIpc) is 3.24. The Morgan fingerprint density at radius 2 is 0.346 bits per heavy atom. The highest BCUT2D eigenvalue weighted by Gasteiger charge is 2.13. The van der Waals surface area contributed by atoms with Gasteiger partial charge in [0.05, 0.1) is 0 Å². The topological polar surface area (TPSA) is 6.48 Å². The van der Waals surface area contributed by atoms with Crippen molar-refractivity contribution in [3.63, 3.8) is 0 Å². The first-order valence-electron chi connectivity index (χ1n) is 18.0. The summed E-state index contributed by atoms with van der Waals surface area (Å²) in [7, 11) is 0. The van der Waals surface area contributed by atoms with Crippen molar-refractivity contribution in [3.8, 4) is 33.4 Å². The second-order valence-corrected chi connectivity index (χ2v) is 12.3. The van der Waals surface area contributed by atoms with E-state index in [1.807, 2.05) is 13.8 Å². The van der Waals surface area contributed by atoms with Gasteiger partial charge < -0.3 is 9.80 Å². The minimum Gasteiger partial charge on any atom is -0.311 e. The average molecular weight is 671 g/mol. The third-order valence-corrected chi connectivity index (χ3v) is 9.08. The predicted molar refractivity (Wildman–Crippen MR) is 223 cm³/mol. The maximum Gasteiger partial charge on any atom is 0.0462 e. The van der Waals surface area contributed by atoms with Crippen LogP contribution in [0.25, 0.3) is 33.4 Å². The molecule has 0 aliphatic heterocycles. The Kier molecular flexibility index (Phi) is 10.7. The van der Waals surface area contributed by atoms with Crippen molar-refractivity contribution >= 4 is 34.1 Å². The van der Waals surface area contributed by atoms with Crippen LogP contribution in [0.1, 0.15) is 13.8 Å². The molecule has 2 heteroatoms. The van der Waals surface area contributed by atoms with Gasteiger partial charge in [-0.25, -0.2) is 0 Å². The van der Waals surface area contributed by atoms with Gasteiger partial charge in [-0.1, -0.05) is 159 Å². The molecular weight excluding hydrogens is 629 g/mol. The second kappa shape index (κ2) is 16.4. The summed E-state index contributed by atoms with van der Waals surface area (Å²) in [6.07, 6.45) is 0. The number of para-hydroxylation sites is 4. The van der Waals surface area contributed by atoms with Crippen LogP contribution in [0.5, 0.6) is 0 Å². The van der Waals surface area contributed by atoms with Crippen LogP contribution in [-0.2, 0) is 0 Å². The zero-order chi connectivity index (χ0) is 35.5. The molecule has 0 aromatic heterocycles. The highest BCUT2D eigenvalue weighted by atomic mass is 15.1. The first-order chi connectivity index (χ1) is 25.8. The van der Waals surface area contributed by atoms with Crippen molar-refractivity contribution in [2.24, 2.45) is 0 Å². The molecule has 8 aromatic carbocycles. The number of hydrogen-bond donors (Lipinski definition) is 0. The molecule has 0 spiro atoms. The first-order valence-corrected chi connectivity index (χ1v) is 18.0. The molecule has 0 saturated carbocycles. The molecule has 0 amide bonds. The van der Waals surface area contributed by atoms with Crippen molar-refractivity contribution < 1.29 is 0 Å². The molecular formula is C50H42N2. The lowest BCUT2D eigenvalue weighted by Gasteiger charge is -2.25. The molecule has 252 valence electrons. The molecule has 0 bridgehead atoms. The summed E-state index contributed by atoms with van der Waals surface area (Å²) in [4.78, 5) is 4.57. The SMILES string of the molecule is CC.c1ccc(N(c2ccccc2)c2ccc(-c3ccc(-c4ccc(-c5ccc(N(c6ccccc6)c6ccccc6)cc5)cc4)cc3)cc2)cc1. The molecule has 0 heterocycles. The van der Waals surface area contributed by atoms with Gasteiger partial charge >= 0.3 is 0 Å². The predicted octanol–water partition coefficient (Wildman–Crippen LogP) is 14.7. The molecule has 0 fully saturated rings. The lowest BCUT2D eigenvalue weighted by molar-refractivity contribution is 1.28. The van der Waals surface area contributed by atoms with Gasteiger partial charge in [0, 0.05) is 34.1 Å². The van der Waals surface area contributed by atoms with Gasteiger partial charge in [0.15, 0.2) is 0 Å². The molecule has 0 unspecified atom stereocenters. The van der Waals surface area contributed by atoms with Crippen LogP contribution in [0.15, 0.2) is 218 Å². The second-order valence-electron chi connectivity index (χ2n) is 12.3. The fourth-order valence-corrected chi connectivity index (χ4v) is 6.52. The maximum absolute atomic E-state index is 2.29. The Labute approximate surface area is 308 Å². The first kappa shape index (κ1) is 33.8. The fourth-order valence-electron chi connectivity index (χ4n) is 6.52. The van der Waals surface area contributed by atoms with Crippen molar-refractivity contribution in [1.29, 1.82) is 0 Å². The Morgan fingerprint density at radius 3 is 0.538 bits per heavy atom. The summed E-state index contributed by atoms with van der Waals surface area (Å²) in [6, 6.07) is 77.4. The van der Waals surface area contributed by atoms with E-state index in [4.69, 9.17) is 0 Å². The molecule has 0 atom stereocenters. The summed E-state index contributed by atoms with van der Waals surface area (Å²) < 4.78 is 0. The van der Waals surface area contributed by atoms with E-state index in [-0.39, 0.29) is 0 Å². The largest absolute Gasteiger partial charge is 0.311 e. The summed E-state index contributed by atoms with van der Waals surface area (Å²) in [5, 5.41) is 0. The summed E-state index contributed by atoms with van der Waals surface area (Å²) >= 11 is 0. The summed E-state index contributed by atoms with van der Waals surface area (Å²) in [5.41, 5.74) is 14.0. The van der Waals surface area contributed by atoms with Crippen LogP contribution in [0.2, 0.25) is 0 Å². The fraction of sp³-hybridized carbons (Fsp3) is 0.0400. The zero-order valence-electron chi connectivity index (χ0n) is 29.7. The minimum absolute atomic E-state index is 1.13. The number of benzene rings is 8. The van der Waals surface area contributed by atoms with E-state index >= 15 is 0 Å². The molecule has 52 heavy (non-hydrogen) atoms. The van der Waals surface area contributed by atoms with Gasteiger partial charge in [0.25, 0.3) is 0 Å². The van der Waals surface area contributed by atoms with Crippen LogP contribution in [-0.4, -0.2) is 0 Å². The Morgan fingerprint density at radius 1 is 0.192 bits per heavy atom. The third kappa shape index (κ3) is 7.57. The Hall–Kier alpha value is -6.64. The molecule has 0 saturated heterocycles. The number of rotatable bonds is 9. The normalized spacial score (nSPS) is 10.5. The van der Waals surface area contributed by atoms with Crippen LogP contribution >= 0.6 is 0 Å². The number of hydrogen-bond acceptors (Lipinski definition) is 2. The minimum atomic E-state index is 1.13. The molecule has 8 aromatic rings. The standard InChI is InChI=1S/C48H36N2.C2H6/c1-5-13-43(14-6-1)49(44-15-7-2-8-16-44)47-33-29-41(30-34-47)39-25-21-37(22-26-39)38-23-27-40(28-24-38)42-31-35-48(36-32-42)50(45-17-9-3-10-18-45)46-19-11-4-12-20-46;1-2/h1-36H;1-2H3. The quantitative estimate of drug-likeness (QED) is 0.151. The highest BCUT2D eigenvalue weighted by Crippen LogP contribution is 2.37. The van der Waals surface area contributed by atoms with E-state index in [9.17, 15) is 0 Å². The molecule has 0 aliphatic rings. The van der Waals surface area contributed by atoms with E-state index < -0.39 is 0 Å². The Bertz CT molecular complexity index is 2000. The van der Waals surface area contributed by atoms with E-state index in [0.29, 0.717) is 0 Å². The van der Waals surface area contributed by atoms with Crippen molar-refractivity contribution in [2.75, 3.05) is 9.80 Å². The van der Waals surface area contributed by atoms with Gasteiger partial charge in [0.1, 0.15) is 0 Å². The van der Waals surface area contributed by atoms with Gasteiger partial charge in [-0.2, -0.15) is 0 Å². The summed E-state index contributed by atoms with van der Waals surface area (Å²) in [6.45, 7) is 4.00. The number of anilines is 6. The zero-order valence-corrected chi connectivity index (χ0v) is 29.7. The lowest BCUT2D eigenvalue weighted by atomic mass is 9.98.